The van der Waals surface area contributed by atoms with E-state index in [0.29, 0.717) is 24.9 Å². The Labute approximate surface area is 511 Å². The molecule has 1 aliphatic carbocycles. The number of hydrogen-bond donors (Lipinski definition) is 6. The molecule has 7 N–H and O–H groups in total. The molecule has 6 aromatic rings. The minimum atomic E-state index is -0.960. The molecule has 18 nitrogen and oxygen atoms in total. The molecule has 1 aromatic heterocycles. The van der Waals surface area contributed by atoms with Crippen LogP contribution in [0.15, 0.2) is 127 Å². The summed E-state index contributed by atoms with van der Waals surface area (Å²) in [6.45, 7) is 9.80. The van der Waals surface area contributed by atoms with Gasteiger partial charge in [-0.3, -0.25) is 33.7 Å². The first-order chi connectivity index (χ1) is 41.8. The van der Waals surface area contributed by atoms with Crippen LogP contribution in [0.2, 0.25) is 0 Å². The number of benzene rings is 5. The highest BCUT2D eigenvalue weighted by Gasteiger charge is 2.46. The van der Waals surface area contributed by atoms with Gasteiger partial charge in [0.05, 0.1) is 46.6 Å². The third-order valence-electron chi connectivity index (χ3n) is 17.0. The third kappa shape index (κ3) is 14.3. The van der Waals surface area contributed by atoms with Gasteiger partial charge in [0, 0.05) is 44.7 Å². The monoisotopic (exact) mass is 1200 g/mol. The number of aliphatic hydroxyl groups is 1. The lowest BCUT2D eigenvalue weighted by Crippen LogP contribution is -2.57. The second kappa shape index (κ2) is 27.0. The standard InChI is InChI=1S/C68H76N8O10S/c1-40-61(87-39-71-40)46-27-25-43(26-28-46)35-70-63(80)56-34-48(77)36-75(56)66(83)62(68(3,4)5)74-59(79)20-11-6-13-42-21-23-44(24-22-42)37-85-41(2)54(31-32-58(69)78)72-64(81)57-33-47-15-12-14-45-29-30-55(65(82)76(57)60(45)47)73-67(84)86-38-53-51-18-9-7-16-49(51)50-17-8-10-19-52(50)53/h6-10,12-19,21-28,39,41,48,53-57,62,77H,11,20,29-38H2,1-5H3,(H2,69,78)(H,70,80)(H,72,81)(H,73,84)(H,74,79)/b13-6+/t41-,48-,54?,55+,56+,57+,62-/m1/s1. The maximum atomic E-state index is 14.6. The Hall–Kier alpha value is -8.52. The van der Waals surface area contributed by atoms with E-state index in [1.165, 1.54) is 9.80 Å². The van der Waals surface area contributed by atoms with E-state index in [0.717, 1.165) is 66.2 Å². The summed E-state index contributed by atoms with van der Waals surface area (Å²) in [6.07, 6.45) is 3.38. The molecule has 1 fully saturated rings. The number of amides is 7. The van der Waals surface area contributed by atoms with Crippen LogP contribution in [-0.4, -0.2) is 112 Å². The number of nitrogens with two attached hydrogens (primary N) is 1. The lowest BCUT2D eigenvalue weighted by Gasteiger charge is -2.35. The van der Waals surface area contributed by atoms with Gasteiger partial charge in [-0.15, -0.1) is 11.3 Å². The number of fused-ring (bicyclic) bond motifs is 3. The topological polar surface area (TPSA) is 252 Å². The van der Waals surface area contributed by atoms with E-state index in [2.05, 4.69) is 38.4 Å². The summed E-state index contributed by atoms with van der Waals surface area (Å²) in [4.78, 5) is 104. The number of alkyl carbamates (subject to hydrolysis) is 1. The van der Waals surface area contributed by atoms with Gasteiger partial charge in [0.25, 0.3) is 0 Å². The largest absolute Gasteiger partial charge is 0.449 e. The number of likely N-dealkylation sites (tertiary alicyclic amines) is 1. The minimum absolute atomic E-state index is 0.0165. The number of aryl methyl sites for hydroxylation is 2. The zero-order chi connectivity index (χ0) is 61.5. The number of nitrogens with one attached hydrogen (secondary N) is 4. The van der Waals surface area contributed by atoms with Gasteiger partial charge in [-0.25, -0.2) is 9.78 Å². The fraction of sp³-hybridized carbons (Fsp3) is 0.382. The molecule has 4 heterocycles. The number of carbonyl (C=O) groups is 7. The number of nitrogens with zero attached hydrogens (tertiary/aromatic N) is 3. The van der Waals surface area contributed by atoms with Gasteiger partial charge in [-0.05, 0) is 101 Å². The van der Waals surface area contributed by atoms with Crippen molar-refractivity contribution in [2.45, 2.75) is 147 Å². The second-order valence-corrected chi connectivity index (χ2v) is 25.0. The molecule has 0 spiro atoms. The van der Waals surface area contributed by atoms with Crippen molar-refractivity contribution < 1.29 is 48.1 Å². The van der Waals surface area contributed by atoms with Crippen LogP contribution in [0.5, 0.6) is 0 Å². The summed E-state index contributed by atoms with van der Waals surface area (Å²) in [5, 5.41) is 22.5. The Morgan fingerprint density at radius 3 is 2.21 bits per heavy atom. The zero-order valence-corrected chi connectivity index (χ0v) is 50.6. The molecule has 3 aliphatic heterocycles. The highest BCUT2D eigenvalue weighted by molar-refractivity contribution is 7.13. The van der Waals surface area contributed by atoms with Crippen molar-refractivity contribution in [1.29, 1.82) is 0 Å². The van der Waals surface area contributed by atoms with Crippen LogP contribution >= 0.6 is 11.3 Å². The van der Waals surface area contributed by atoms with Gasteiger partial charge < -0.3 is 46.5 Å². The lowest BCUT2D eigenvalue weighted by atomic mass is 9.85. The molecule has 0 bridgehead atoms. The summed E-state index contributed by atoms with van der Waals surface area (Å²) in [5.41, 5.74) is 18.1. The van der Waals surface area contributed by atoms with Gasteiger partial charge >= 0.3 is 6.09 Å². The Kier molecular flexibility index (Phi) is 19.1. The SMILES string of the molecule is Cc1ncsc1-c1ccc(CNC(=O)[C@@H]2C[C@@H](O)CN2C(=O)[C@@H](NC(=O)CC/C=C/c2ccc(CO[C@H](C)C(CCC(N)=O)NC(=O)[C@@H]3Cc4cccc5c4N3C(=O)[C@@H](NC(=O)OCC3c4ccccc4-c4ccccc43)CC5)cc2)C(C)(C)C)cc1. The van der Waals surface area contributed by atoms with Crippen LogP contribution in [0, 0.1) is 12.3 Å². The van der Waals surface area contributed by atoms with Crippen molar-refractivity contribution in [3.63, 3.8) is 0 Å². The summed E-state index contributed by atoms with van der Waals surface area (Å²) in [7, 11) is 0. The zero-order valence-electron chi connectivity index (χ0n) is 49.8. The molecule has 10 rings (SSSR count). The number of aliphatic hydroxyl groups excluding tert-OH is 1. The number of para-hydroxylation sites is 1. The van der Waals surface area contributed by atoms with Gasteiger partial charge in [0.15, 0.2) is 0 Å². The molecular formula is C68H76N8O10S. The molecule has 0 saturated carbocycles. The third-order valence-corrected chi connectivity index (χ3v) is 18.0. The van der Waals surface area contributed by atoms with Crippen LogP contribution in [0.4, 0.5) is 10.5 Å². The lowest BCUT2D eigenvalue weighted by molar-refractivity contribution is -0.144. The highest BCUT2D eigenvalue weighted by atomic mass is 32.1. The maximum Gasteiger partial charge on any atom is 0.407 e. The van der Waals surface area contributed by atoms with E-state index in [4.69, 9.17) is 15.2 Å². The van der Waals surface area contributed by atoms with Gasteiger partial charge in [0.1, 0.15) is 30.8 Å². The van der Waals surface area contributed by atoms with Crippen LogP contribution in [-0.2, 0) is 64.2 Å². The maximum absolute atomic E-state index is 14.6. The Morgan fingerprint density at radius 2 is 1.53 bits per heavy atom. The molecule has 7 atom stereocenters. The molecule has 19 heteroatoms. The number of thiazole rings is 1. The summed E-state index contributed by atoms with van der Waals surface area (Å²) < 4.78 is 12.2. The highest BCUT2D eigenvalue weighted by Crippen LogP contribution is 2.45. The smallest absolute Gasteiger partial charge is 0.407 e. The van der Waals surface area contributed by atoms with E-state index in [-0.39, 0.29) is 76.1 Å². The first-order valence-electron chi connectivity index (χ1n) is 29.9. The molecule has 7 amide bonds. The van der Waals surface area contributed by atoms with E-state index < -0.39 is 77.6 Å². The first kappa shape index (κ1) is 61.6. The molecule has 0 radical (unpaired) electrons. The molecule has 1 unspecified atom stereocenters. The number of aromatic nitrogens is 1. The predicted octanol–water partition coefficient (Wildman–Crippen LogP) is 8.19. The number of ether oxygens (including phenoxy) is 2. The van der Waals surface area contributed by atoms with Crippen LogP contribution in [0.3, 0.4) is 0 Å². The molecule has 454 valence electrons. The number of anilines is 1. The van der Waals surface area contributed by atoms with Crippen molar-refractivity contribution in [3.05, 3.63) is 171 Å². The Bertz CT molecular complexity index is 3520. The van der Waals surface area contributed by atoms with Crippen molar-refractivity contribution >= 4 is 64.6 Å². The average Bonchev–Trinajstić information content (AvgIpc) is 1.78. The fourth-order valence-electron chi connectivity index (χ4n) is 12.3. The fourth-order valence-corrected chi connectivity index (χ4v) is 13.1. The molecule has 1 saturated heterocycles. The Morgan fingerprint density at radius 1 is 0.839 bits per heavy atom. The number of rotatable bonds is 22. The van der Waals surface area contributed by atoms with Crippen LogP contribution < -0.4 is 31.9 Å². The van der Waals surface area contributed by atoms with Crippen LogP contribution in [0.25, 0.3) is 27.6 Å². The van der Waals surface area contributed by atoms with Gasteiger partial charge in [0.2, 0.25) is 35.4 Å². The molecule has 87 heavy (non-hydrogen) atoms. The Balaban J connectivity index is 0.698. The van der Waals surface area contributed by atoms with Crippen molar-refractivity contribution in [2.24, 2.45) is 11.1 Å². The van der Waals surface area contributed by atoms with Gasteiger partial charge in [-0.1, -0.05) is 148 Å². The number of primary amides is 1. The average molecular weight is 1200 g/mol. The second-order valence-electron chi connectivity index (χ2n) is 24.2. The van der Waals surface area contributed by atoms with Crippen LogP contribution in [0.1, 0.15) is 117 Å². The van der Waals surface area contributed by atoms with E-state index in [1.54, 1.807) is 11.3 Å². The number of hydrogen-bond acceptors (Lipinski definition) is 12. The minimum Gasteiger partial charge on any atom is -0.449 e. The van der Waals surface area contributed by atoms with Gasteiger partial charge in [-0.2, -0.15) is 0 Å². The number of carbonyl (C=O) groups excluding carboxylic acids is 7. The van der Waals surface area contributed by atoms with E-state index >= 15 is 0 Å². The summed E-state index contributed by atoms with van der Waals surface area (Å²) in [6, 6.07) is 33.0. The van der Waals surface area contributed by atoms with Crippen molar-refractivity contribution in [2.75, 3.05) is 18.1 Å². The number of β-amino-alcohol motifs (C(OH)–C–C–N with tert-alkyl or cyclic N) is 1. The molecule has 4 aliphatic rings. The quantitative estimate of drug-likeness (QED) is 0.0378. The van der Waals surface area contributed by atoms with Crippen molar-refractivity contribution in [3.8, 4) is 21.6 Å². The predicted molar refractivity (Wildman–Crippen MR) is 333 cm³/mol. The summed E-state index contributed by atoms with van der Waals surface area (Å²) >= 11 is 1.57. The normalized spacial score (nSPS) is 18.9. The number of allylic oxidation sites excluding steroid dienone is 1. The summed E-state index contributed by atoms with van der Waals surface area (Å²) in [5.74, 6) is -2.68. The van der Waals surface area contributed by atoms with Crippen molar-refractivity contribution in [1.82, 2.24) is 31.2 Å². The van der Waals surface area contributed by atoms with E-state index in [1.807, 2.05) is 155 Å². The van der Waals surface area contributed by atoms with E-state index in [9.17, 15) is 38.7 Å². The first-order valence-corrected chi connectivity index (χ1v) is 30.7. The molecule has 5 aromatic carbocycles. The molecular weight excluding hydrogens is 1120 g/mol.